The maximum atomic E-state index is 13.4. The first-order valence-corrected chi connectivity index (χ1v) is 9.78. The second-order valence-electron chi connectivity index (χ2n) is 7.44. The number of nitrogens with zero attached hydrogens (tertiary/aromatic N) is 2. The molecule has 3 heterocycles. The molecule has 5 rings (SSSR count). The van der Waals surface area contributed by atoms with Gasteiger partial charge in [0.1, 0.15) is 6.04 Å². The van der Waals surface area contributed by atoms with Crippen LogP contribution >= 0.6 is 12.2 Å². The lowest BCUT2D eigenvalue weighted by molar-refractivity contribution is -0.129. The molecule has 0 saturated carbocycles. The Balaban J connectivity index is 1.55. The highest BCUT2D eigenvalue weighted by atomic mass is 32.1. The van der Waals surface area contributed by atoms with E-state index in [1.165, 1.54) is 16.6 Å². The van der Waals surface area contributed by atoms with Crippen LogP contribution in [0.25, 0.3) is 10.9 Å². The van der Waals surface area contributed by atoms with Crippen molar-refractivity contribution in [1.82, 2.24) is 14.8 Å². The van der Waals surface area contributed by atoms with Gasteiger partial charge in [-0.05, 0) is 43.3 Å². The molecule has 136 valence electrons. The van der Waals surface area contributed by atoms with Crippen molar-refractivity contribution in [2.24, 2.45) is 0 Å². The first-order valence-electron chi connectivity index (χ1n) is 9.37. The van der Waals surface area contributed by atoms with Crippen molar-refractivity contribution in [2.45, 2.75) is 38.4 Å². The van der Waals surface area contributed by atoms with Crippen LogP contribution in [-0.2, 0) is 11.2 Å². The second-order valence-corrected chi connectivity index (χ2v) is 7.81. The molecule has 1 N–H and O–H groups in total. The molecule has 1 saturated heterocycles. The summed E-state index contributed by atoms with van der Waals surface area (Å²) < 4.78 is 0. The van der Waals surface area contributed by atoms with E-state index < -0.39 is 0 Å². The van der Waals surface area contributed by atoms with Crippen molar-refractivity contribution in [3.8, 4) is 0 Å². The number of aromatic amines is 1. The van der Waals surface area contributed by atoms with E-state index in [2.05, 4.69) is 54.1 Å². The Labute approximate surface area is 163 Å². The van der Waals surface area contributed by atoms with Crippen LogP contribution in [0.15, 0.2) is 54.6 Å². The average Bonchev–Trinajstić information content (AvgIpc) is 3.18. The van der Waals surface area contributed by atoms with Crippen LogP contribution in [0.3, 0.4) is 0 Å². The van der Waals surface area contributed by atoms with E-state index in [1.54, 1.807) is 4.90 Å². The Kier molecular flexibility index (Phi) is 3.62. The minimum Gasteiger partial charge on any atom is -0.356 e. The quantitative estimate of drug-likeness (QED) is 0.677. The molecule has 0 aliphatic carbocycles. The fourth-order valence-corrected chi connectivity index (χ4v) is 5.15. The van der Waals surface area contributed by atoms with Crippen molar-refractivity contribution >= 4 is 34.1 Å². The van der Waals surface area contributed by atoms with Gasteiger partial charge < -0.3 is 9.88 Å². The fraction of sp³-hybridized carbons (Fsp3) is 0.273. The van der Waals surface area contributed by atoms with Gasteiger partial charge in [-0.25, -0.2) is 0 Å². The summed E-state index contributed by atoms with van der Waals surface area (Å²) in [7, 11) is 0. The van der Waals surface area contributed by atoms with Crippen molar-refractivity contribution in [2.75, 3.05) is 0 Å². The maximum Gasteiger partial charge on any atom is 0.252 e. The van der Waals surface area contributed by atoms with Crippen molar-refractivity contribution in [3.05, 3.63) is 71.4 Å². The SMILES string of the molecule is C[C@H](c1ccccc1)N1C(=O)[C@@H]2Cc3c([nH]c4ccccc34)[C@@H](C)N2C1=S. The van der Waals surface area contributed by atoms with Gasteiger partial charge >= 0.3 is 0 Å². The predicted octanol–water partition coefficient (Wildman–Crippen LogP) is 4.34. The summed E-state index contributed by atoms with van der Waals surface area (Å²) in [6.45, 7) is 4.19. The number of fused-ring (bicyclic) bond motifs is 4. The van der Waals surface area contributed by atoms with Gasteiger partial charge in [-0.15, -0.1) is 0 Å². The summed E-state index contributed by atoms with van der Waals surface area (Å²) in [6, 6.07) is 18.2. The molecular formula is C22H21N3OS. The van der Waals surface area contributed by atoms with Gasteiger partial charge in [-0.1, -0.05) is 48.5 Å². The number of benzene rings is 2. The molecule has 2 aliphatic rings. The summed E-state index contributed by atoms with van der Waals surface area (Å²) in [5, 5.41) is 1.85. The Morgan fingerprint density at radius 3 is 2.59 bits per heavy atom. The van der Waals surface area contributed by atoms with Gasteiger partial charge in [0.15, 0.2) is 5.11 Å². The van der Waals surface area contributed by atoms with Gasteiger partial charge in [0.25, 0.3) is 5.91 Å². The van der Waals surface area contributed by atoms with Gasteiger partial charge in [0.05, 0.1) is 12.1 Å². The Morgan fingerprint density at radius 2 is 1.81 bits per heavy atom. The zero-order chi connectivity index (χ0) is 18.7. The molecule has 4 nitrogen and oxygen atoms in total. The number of H-pyrrole nitrogens is 1. The number of hydrogen-bond acceptors (Lipinski definition) is 2. The molecule has 1 amide bonds. The number of rotatable bonds is 2. The van der Waals surface area contributed by atoms with Crippen molar-refractivity contribution in [3.63, 3.8) is 0 Å². The van der Waals surface area contributed by atoms with Crippen molar-refractivity contribution in [1.29, 1.82) is 0 Å². The number of hydrogen-bond donors (Lipinski definition) is 1. The van der Waals surface area contributed by atoms with Gasteiger partial charge in [0.2, 0.25) is 0 Å². The van der Waals surface area contributed by atoms with Gasteiger partial charge in [-0.3, -0.25) is 9.69 Å². The zero-order valence-corrected chi connectivity index (χ0v) is 16.2. The van der Waals surface area contributed by atoms with E-state index in [0.717, 1.165) is 11.1 Å². The first-order chi connectivity index (χ1) is 13.1. The van der Waals surface area contributed by atoms with E-state index in [1.807, 2.05) is 24.3 Å². The van der Waals surface area contributed by atoms with E-state index in [4.69, 9.17) is 12.2 Å². The van der Waals surface area contributed by atoms with Gasteiger partial charge in [0, 0.05) is 23.0 Å². The number of amides is 1. The summed E-state index contributed by atoms with van der Waals surface area (Å²) in [5.74, 6) is 0.110. The highest BCUT2D eigenvalue weighted by molar-refractivity contribution is 7.80. The van der Waals surface area contributed by atoms with Crippen LogP contribution in [0.2, 0.25) is 0 Å². The number of thiocarbonyl (C=S) groups is 1. The first kappa shape index (κ1) is 16.5. The molecule has 3 atom stereocenters. The third kappa shape index (κ3) is 2.28. The summed E-state index contributed by atoms with van der Waals surface area (Å²) in [6.07, 6.45) is 0.695. The maximum absolute atomic E-state index is 13.4. The Hall–Kier alpha value is -2.66. The summed E-state index contributed by atoms with van der Waals surface area (Å²) in [5.41, 5.74) is 4.66. The third-order valence-corrected chi connectivity index (χ3v) is 6.44. The number of carbonyl (C=O) groups is 1. The number of nitrogens with one attached hydrogen (secondary N) is 1. The highest BCUT2D eigenvalue weighted by Gasteiger charge is 2.50. The van der Waals surface area contributed by atoms with E-state index in [-0.39, 0.29) is 24.0 Å². The van der Waals surface area contributed by atoms with Crippen LogP contribution in [0, 0.1) is 0 Å². The molecule has 0 bridgehead atoms. The summed E-state index contributed by atoms with van der Waals surface area (Å²) >= 11 is 5.80. The Bertz CT molecular complexity index is 1060. The lowest BCUT2D eigenvalue weighted by Gasteiger charge is -2.35. The van der Waals surface area contributed by atoms with Crippen LogP contribution in [-0.4, -0.2) is 31.8 Å². The molecule has 1 aromatic heterocycles. The van der Waals surface area contributed by atoms with Gasteiger partial charge in [-0.2, -0.15) is 0 Å². The van der Waals surface area contributed by atoms with Crippen molar-refractivity contribution < 1.29 is 4.79 Å². The molecule has 2 aliphatic heterocycles. The monoisotopic (exact) mass is 375 g/mol. The molecule has 27 heavy (non-hydrogen) atoms. The number of aromatic nitrogens is 1. The minimum atomic E-state index is -0.217. The highest BCUT2D eigenvalue weighted by Crippen LogP contribution is 2.42. The lowest BCUT2D eigenvalue weighted by Crippen LogP contribution is -2.42. The molecule has 0 spiro atoms. The van der Waals surface area contributed by atoms with Crippen LogP contribution in [0.1, 0.15) is 42.8 Å². The molecule has 3 aromatic rings. The molecule has 1 fully saturated rings. The lowest BCUT2D eigenvalue weighted by atomic mass is 9.93. The molecule has 0 unspecified atom stereocenters. The predicted molar refractivity (Wildman–Crippen MR) is 110 cm³/mol. The molecule has 5 heteroatoms. The van der Waals surface area contributed by atoms with Crippen LogP contribution in [0.5, 0.6) is 0 Å². The average molecular weight is 375 g/mol. The number of carbonyl (C=O) groups excluding carboxylic acids is 1. The smallest absolute Gasteiger partial charge is 0.252 e. The summed E-state index contributed by atoms with van der Waals surface area (Å²) in [4.78, 5) is 20.8. The fourth-order valence-electron chi connectivity index (χ4n) is 4.62. The topological polar surface area (TPSA) is 39.3 Å². The zero-order valence-electron chi connectivity index (χ0n) is 15.3. The molecular weight excluding hydrogens is 354 g/mol. The second kappa shape index (κ2) is 5.92. The normalized spacial score (nSPS) is 22.9. The van der Waals surface area contributed by atoms with Crippen LogP contribution < -0.4 is 0 Å². The molecule has 2 aromatic carbocycles. The van der Waals surface area contributed by atoms with E-state index in [0.29, 0.717) is 11.5 Å². The Morgan fingerprint density at radius 1 is 1.11 bits per heavy atom. The molecule has 0 radical (unpaired) electrons. The third-order valence-electron chi connectivity index (χ3n) is 6.03. The van der Waals surface area contributed by atoms with E-state index in [9.17, 15) is 4.79 Å². The standard InChI is InChI=1S/C22H21N3OS/c1-13(15-8-4-3-5-9-15)25-21(26)19-12-17-16-10-6-7-11-18(16)23-20(17)14(2)24(19)22(25)27/h3-11,13-14,19,23H,12H2,1-2H3/t13-,14-,19+/m1/s1. The largest absolute Gasteiger partial charge is 0.356 e. The number of para-hydroxylation sites is 1. The van der Waals surface area contributed by atoms with E-state index >= 15 is 0 Å². The van der Waals surface area contributed by atoms with Crippen LogP contribution in [0.4, 0.5) is 0 Å². The minimum absolute atomic E-state index is 0.0515.